The molecule has 2 aliphatic rings. The molecule has 1 saturated heterocycles. The van der Waals surface area contributed by atoms with Crippen LogP contribution in [0.25, 0.3) is 0 Å². The number of fused-ring (bicyclic) bond motifs is 3. The Morgan fingerprint density at radius 3 is 2.88 bits per heavy atom. The van der Waals surface area contributed by atoms with Crippen LogP contribution in [0.5, 0.6) is 0 Å². The molecule has 3 heteroatoms. The summed E-state index contributed by atoms with van der Waals surface area (Å²) in [4.78, 5) is 23.5. The lowest BCUT2D eigenvalue weighted by molar-refractivity contribution is -0.119. The maximum atomic E-state index is 12.0. The number of hydrogen-bond acceptors (Lipinski definition) is 2. The predicted octanol–water partition coefficient (Wildman–Crippen LogP) is 1.64. The highest BCUT2D eigenvalue weighted by molar-refractivity contribution is 6.01. The van der Waals surface area contributed by atoms with Crippen molar-refractivity contribution in [3.8, 4) is 0 Å². The minimum absolute atomic E-state index is 0.0528. The first-order valence-electron chi connectivity index (χ1n) is 5.53. The Labute approximate surface area is 93.8 Å². The molecule has 16 heavy (non-hydrogen) atoms. The van der Waals surface area contributed by atoms with Crippen molar-refractivity contribution in [2.45, 2.75) is 31.2 Å². The number of hydrogen-bond donors (Lipinski definition) is 1. The van der Waals surface area contributed by atoms with Crippen LogP contribution < -0.4 is 5.32 Å². The van der Waals surface area contributed by atoms with Gasteiger partial charge in [0, 0.05) is 24.3 Å². The van der Waals surface area contributed by atoms with Crippen LogP contribution in [0.2, 0.25) is 0 Å². The number of ketones is 1. The van der Waals surface area contributed by atoms with E-state index in [1.54, 1.807) is 0 Å². The van der Waals surface area contributed by atoms with Crippen molar-refractivity contribution in [1.29, 1.82) is 0 Å². The first-order chi connectivity index (χ1) is 7.60. The van der Waals surface area contributed by atoms with Gasteiger partial charge in [0.05, 0.1) is 5.54 Å². The molecule has 1 aromatic rings. The van der Waals surface area contributed by atoms with Gasteiger partial charge in [-0.25, -0.2) is 0 Å². The second kappa shape index (κ2) is 2.94. The lowest BCUT2D eigenvalue weighted by Gasteiger charge is -2.35. The fourth-order valence-corrected chi connectivity index (χ4v) is 2.97. The first-order valence-corrected chi connectivity index (χ1v) is 5.53. The van der Waals surface area contributed by atoms with E-state index < -0.39 is 0 Å². The SMILES string of the molecule is C[C@]12CC(=O)c3ccccc3[C@@H]1CC(=O)N2. The second-order valence-corrected chi connectivity index (χ2v) is 4.91. The topological polar surface area (TPSA) is 46.2 Å². The Kier molecular flexibility index (Phi) is 1.76. The zero-order valence-electron chi connectivity index (χ0n) is 9.12. The Morgan fingerprint density at radius 2 is 2.06 bits per heavy atom. The second-order valence-electron chi connectivity index (χ2n) is 4.91. The molecule has 0 aromatic heterocycles. The number of carbonyl (C=O) groups excluding carboxylic acids is 2. The van der Waals surface area contributed by atoms with Gasteiger partial charge in [0.2, 0.25) is 5.91 Å². The summed E-state index contributed by atoms with van der Waals surface area (Å²) in [5.41, 5.74) is 1.45. The lowest BCUT2D eigenvalue weighted by atomic mass is 9.71. The average Bonchev–Trinajstić information content (AvgIpc) is 2.53. The van der Waals surface area contributed by atoms with Crippen LogP contribution in [-0.4, -0.2) is 17.2 Å². The van der Waals surface area contributed by atoms with Gasteiger partial charge in [0.15, 0.2) is 5.78 Å². The molecule has 1 amide bonds. The van der Waals surface area contributed by atoms with E-state index in [0.717, 1.165) is 11.1 Å². The van der Waals surface area contributed by atoms with E-state index in [1.165, 1.54) is 0 Å². The average molecular weight is 215 g/mol. The van der Waals surface area contributed by atoms with E-state index in [1.807, 2.05) is 31.2 Å². The van der Waals surface area contributed by atoms with Crippen LogP contribution in [0.15, 0.2) is 24.3 Å². The van der Waals surface area contributed by atoms with Gasteiger partial charge >= 0.3 is 0 Å². The molecule has 3 nitrogen and oxygen atoms in total. The van der Waals surface area contributed by atoms with Crippen LogP contribution in [-0.2, 0) is 4.79 Å². The van der Waals surface area contributed by atoms with Crippen molar-refractivity contribution in [3.63, 3.8) is 0 Å². The number of benzene rings is 1. The van der Waals surface area contributed by atoms with E-state index in [9.17, 15) is 9.59 Å². The standard InChI is InChI=1S/C13H13NO2/c1-13-7-11(15)9-5-3-2-4-8(9)10(13)6-12(16)14-13/h2-5,10H,6-7H2,1H3,(H,14,16)/t10-,13-/m0/s1. The first kappa shape index (κ1) is 9.58. The van der Waals surface area contributed by atoms with E-state index in [2.05, 4.69) is 5.32 Å². The fourth-order valence-electron chi connectivity index (χ4n) is 2.97. The van der Waals surface area contributed by atoms with Crippen LogP contribution in [0.4, 0.5) is 0 Å². The Bertz CT molecular complexity index is 494. The molecule has 0 radical (unpaired) electrons. The third-order valence-electron chi connectivity index (χ3n) is 3.75. The molecule has 2 atom stereocenters. The van der Waals surface area contributed by atoms with Gasteiger partial charge in [-0.2, -0.15) is 0 Å². The van der Waals surface area contributed by atoms with Crippen molar-refractivity contribution in [2.24, 2.45) is 0 Å². The molecule has 1 fully saturated rings. The molecular formula is C13H13NO2. The van der Waals surface area contributed by atoms with E-state index in [4.69, 9.17) is 0 Å². The summed E-state index contributed by atoms with van der Waals surface area (Å²) in [6.45, 7) is 1.97. The molecule has 1 heterocycles. The van der Waals surface area contributed by atoms with Gasteiger partial charge in [-0.3, -0.25) is 9.59 Å². The van der Waals surface area contributed by atoms with E-state index in [-0.39, 0.29) is 23.1 Å². The zero-order valence-corrected chi connectivity index (χ0v) is 9.12. The molecule has 0 saturated carbocycles. The third kappa shape index (κ3) is 1.14. The summed E-state index contributed by atoms with van der Waals surface area (Å²) in [7, 11) is 0. The third-order valence-corrected chi connectivity index (χ3v) is 3.75. The van der Waals surface area contributed by atoms with Gasteiger partial charge in [-0.05, 0) is 12.5 Å². The van der Waals surface area contributed by atoms with Crippen molar-refractivity contribution >= 4 is 11.7 Å². The normalized spacial score (nSPS) is 31.9. The van der Waals surface area contributed by atoms with Crippen molar-refractivity contribution in [1.82, 2.24) is 5.32 Å². The molecule has 0 spiro atoms. The van der Waals surface area contributed by atoms with Crippen LogP contribution in [0.3, 0.4) is 0 Å². The molecule has 1 aromatic carbocycles. The van der Waals surface area contributed by atoms with E-state index in [0.29, 0.717) is 12.8 Å². The van der Waals surface area contributed by atoms with Gasteiger partial charge < -0.3 is 5.32 Å². The largest absolute Gasteiger partial charge is 0.350 e. The molecular weight excluding hydrogens is 202 g/mol. The highest BCUT2D eigenvalue weighted by Crippen LogP contribution is 2.44. The van der Waals surface area contributed by atoms with E-state index >= 15 is 0 Å². The highest BCUT2D eigenvalue weighted by atomic mass is 16.2. The molecule has 1 aliphatic carbocycles. The van der Waals surface area contributed by atoms with Gasteiger partial charge in [-0.15, -0.1) is 0 Å². The minimum atomic E-state index is -0.373. The maximum Gasteiger partial charge on any atom is 0.221 e. The van der Waals surface area contributed by atoms with Crippen LogP contribution >= 0.6 is 0 Å². The zero-order chi connectivity index (χ0) is 11.3. The molecule has 1 aliphatic heterocycles. The number of carbonyl (C=O) groups is 2. The lowest BCUT2D eigenvalue weighted by Crippen LogP contribution is -2.46. The number of amides is 1. The Hall–Kier alpha value is -1.64. The van der Waals surface area contributed by atoms with Crippen molar-refractivity contribution in [2.75, 3.05) is 0 Å². The Balaban J connectivity index is 2.18. The summed E-state index contributed by atoms with van der Waals surface area (Å²) in [6, 6.07) is 7.64. The molecule has 1 N–H and O–H groups in total. The monoisotopic (exact) mass is 215 g/mol. The molecule has 82 valence electrons. The highest BCUT2D eigenvalue weighted by Gasteiger charge is 2.48. The number of Topliss-reactive ketones (excluding diaryl/α,β-unsaturated/α-hetero) is 1. The van der Waals surface area contributed by atoms with Crippen LogP contribution in [0.1, 0.15) is 41.6 Å². The quantitative estimate of drug-likeness (QED) is 0.715. The molecule has 0 unspecified atom stereocenters. The Morgan fingerprint density at radius 1 is 1.31 bits per heavy atom. The number of nitrogens with one attached hydrogen (secondary N) is 1. The number of rotatable bonds is 0. The summed E-state index contributed by atoms with van der Waals surface area (Å²) in [6.07, 6.45) is 0.918. The summed E-state index contributed by atoms with van der Waals surface area (Å²) in [5, 5.41) is 2.94. The van der Waals surface area contributed by atoms with Crippen molar-refractivity contribution in [3.05, 3.63) is 35.4 Å². The maximum absolute atomic E-state index is 12.0. The van der Waals surface area contributed by atoms with Gasteiger partial charge in [-0.1, -0.05) is 24.3 Å². The predicted molar refractivity (Wildman–Crippen MR) is 59.3 cm³/mol. The van der Waals surface area contributed by atoms with Crippen LogP contribution in [0, 0.1) is 0 Å². The summed E-state index contributed by atoms with van der Waals surface area (Å²) in [5.74, 6) is 0.336. The van der Waals surface area contributed by atoms with Crippen molar-refractivity contribution < 1.29 is 9.59 Å². The summed E-state index contributed by atoms with van der Waals surface area (Å²) < 4.78 is 0. The smallest absolute Gasteiger partial charge is 0.221 e. The summed E-state index contributed by atoms with van der Waals surface area (Å²) >= 11 is 0. The minimum Gasteiger partial charge on any atom is -0.350 e. The fraction of sp³-hybridized carbons (Fsp3) is 0.385. The molecule has 3 rings (SSSR count). The molecule has 0 bridgehead atoms. The van der Waals surface area contributed by atoms with Gasteiger partial charge in [0.1, 0.15) is 0 Å². The van der Waals surface area contributed by atoms with Gasteiger partial charge in [0.25, 0.3) is 0 Å².